The van der Waals surface area contributed by atoms with Crippen LogP contribution in [0.2, 0.25) is 0 Å². The lowest BCUT2D eigenvalue weighted by atomic mass is 9.92. The Labute approximate surface area is 137 Å². The van der Waals surface area contributed by atoms with Gasteiger partial charge < -0.3 is 10.4 Å². The van der Waals surface area contributed by atoms with Gasteiger partial charge in [0, 0.05) is 5.69 Å². The Kier molecular flexibility index (Phi) is 5.75. The van der Waals surface area contributed by atoms with Crippen LogP contribution >= 0.6 is 0 Å². The van der Waals surface area contributed by atoms with Crippen LogP contribution in [-0.2, 0) is 4.79 Å². The van der Waals surface area contributed by atoms with Gasteiger partial charge in [-0.25, -0.2) is 0 Å². The second-order valence-corrected chi connectivity index (χ2v) is 5.47. The van der Waals surface area contributed by atoms with Gasteiger partial charge in [-0.15, -0.1) is 0 Å². The molecule has 0 bridgehead atoms. The van der Waals surface area contributed by atoms with Gasteiger partial charge in [-0.2, -0.15) is 0 Å². The average Bonchev–Trinajstić information content (AvgIpc) is 2.54. The molecule has 2 aromatic rings. The number of benzene rings is 2. The van der Waals surface area contributed by atoms with Gasteiger partial charge in [-0.05, 0) is 24.6 Å². The Morgan fingerprint density at radius 1 is 1.09 bits per heavy atom. The van der Waals surface area contributed by atoms with Gasteiger partial charge in [0.25, 0.3) is 0 Å². The zero-order chi connectivity index (χ0) is 16.7. The van der Waals surface area contributed by atoms with Gasteiger partial charge in [0.2, 0.25) is 0 Å². The van der Waals surface area contributed by atoms with Crippen molar-refractivity contribution in [1.29, 1.82) is 0 Å². The molecule has 0 aliphatic heterocycles. The number of aliphatic carboxylic acids is 1. The number of nitrogens with one attached hydrogen (secondary N) is 1. The van der Waals surface area contributed by atoms with E-state index in [-0.39, 0.29) is 6.04 Å². The maximum absolute atomic E-state index is 11.6. The Morgan fingerprint density at radius 3 is 2.17 bits per heavy atom. The molecular weight excluding hydrogens is 286 g/mol. The highest BCUT2D eigenvalue weighted by atomic mass is 16.4. The third-order valence-corrected chi connectivity index (χ3v) is 3.56. The molecule has 2 atom stereocenters. The normalized spacial score (nSPS) is 13.4. The van der Waals surface area contributed by atoms with E-state index in [1.54, 1.807) is 6.92 Å². The third-order valence-electron chi connectivity index (χ3n) is 3.56. The number of hydrogen-bond donors (Lipinski definition) is 2. The van der Waals surface area contributed by atoms with Crippen LogP contribution in [0.5, 0.6) is 0 Å². The maximum Gasteiger partial charge on any atom is 0.313 e. The van der Waals surface area contributed by atoms with Crippen LogP contribution in [0.15, 0.2) is 78.9 Å². The second kappa shape index (κ2) is 7.99. The lowest BCUT2D eigenvalue weighted by Gasteiger charge is -2.24. The van der Waals surface area contributed by atoms with E-state index < -0.39 is 11.9 Å². The smallest absolute Gasteiger partial charge is 0.313 e. The second-order valence-electron chi connectivity index (χ2n) is 5.47. The Bertz CT molecular complexity index is 663. The van der Waals surface area contributed by atoms with Crippen molar-refractivity contribution >= 4 is 17.7 Å². The number of carbonyl (C=O) groups is 1. The molecule has 0 radical (unpaired) electrons. The molecule has 0 spiro atoms. The first-order valence-corrected chi connectivity index (χ1v) is 7.51. The van der Waals surface area contributed by atoms with E-state index >= 15 is 0 Å². The molecule has 0 saturated carbocycles. The number of carboxylic acids is 1. The maximum atomic E-state index is 11.6. The largest absolute Gasteiger partial charge is 0.481 e. The van der Waals surface area contributed by atoms with Crippen LogP contribution in [0.3, 0.4) is 0 Å². The van der Waals surface area contributed by atoms with E-state index in [1.807, 2.05) is 72.8 Å². The van der Waals surface area contributed by atoms with Crippen molar-refractivity contribution in [3.63, 3.8) is 0 Å². The van der Waals surface area contributed by atoms with Gasteiger partial charge >= 0.3 is 5.97 Å². The summed E-state index contributed by atoms with van der Waals surface area (Å²) in [7, 11) is 0. The van der Waals surface area contributed by atoms with E-state index in [2.05, 4.69) is 11.9 Å². The number of anilines is 1. The molecule has 0 aliphatic rings. The molecule has 0 aliphatic carbocycles. The third kappa shape index (κ3) is 4.85. The lowest BCUT2D eigenvalue weighted by molar-refractivity contribution is -0.140. The molecule has 2 N–H and O–H groups in total. The zero-order valence-corrected chi connectivity index (χ0v) is 13.1. The number of hydrogen-bond acceptors (Lipinski definition) is 2. The van der Waals surface area contributed by atoms with E-state index in [4.69, 9.17) is 0 Å². The summed E-state index contributed by atoms with van der Waals surface area (Å²) < 4.78 is 0. The van der Waals surface area contributed by atoms with Gasteiger partial charge in [-0.1, -0.05) is 72.8 Å². The summed E-state index contributed by atoms with van der Waals surface area (Å²) >= 11 is 0. The summed E-state index contributed by atoms with van der Waals surface area (Å²) in [5.41, 5.74) is 2.52. The monoisotopic (exact) mass is 307 g/mol. The molecule has 118 valence electrons. The molecule has 2 rings (SSSR count). The SMILES string of the molecule is C=C(C)[C@H](C(=O)O)[C@H](/C=C/c1ccccc1)Nc1ccccc1. The zero-order valence-electron chi connectivity index (χ0n) is 13.1. The number of carboxylic acid groups (broad SMARTS) is 1. The van der Waals surface area contributed by atoms with Gasteiger partial charge in [-0.3, -0.25) is 4.79 Å². The van der Waals surface area contributed by atoms with Crippen LogP contribution in [0.1, 0.15) is 12.5 Å². The fraction of sp³-hybridized carbons (Fsp3) is 0.150. The molecule has 0 amide bonds. The first-order valence-electron chi connectivity index (χ1n) is 7.51. The molecule has 0 unspecified atom stereocenters. The summed E-state index contributed by atoms with van der Waals surface area (Å²) in [4.78, 5) is 11.6. The predicted octanol–water partition coefficient (Wildman–Crippen LogP) is 4.46. The minimum absolute atomic E-state index is 0.382. The number of para-hydroxylation sites is 1. The first kappa shape index (κ1) is 16.6. The molecule has 0 fully saturated rings. The summed E-state index contributed by atoms with van der Waals surface area (Å²) in [5, 5.41) is 12.8. The Balaban J connectivity index is 2.28. The summed E-state index contributed by atoms with van der Waals surface area (Å²) in [5.74, 6) is -1.58. The summed E-state index contributed by atoms with van der Waals surface area (Å²) in [6.45, 7) is 5.58. The van der Waals surface area contributed by atoms with Gasteiger partial charge in [0.05, 0.1) is 6.04 Å². The molecule has 0 heterocycles. The number of rotatable bonds is 7. The molecule has 0 aromatic heterocycles. The van der Waals surface area contributed by atoms with Crippen molar-refractivity contribution in [2.24, 2.45) is 5.92 Å². The van der Waals surface area contributed by atoms with Crippen molar-refractivity contribution in [2.75, 3.05) is 5.32 Å². The van der Waals surface area contributed by atoms with E-state index in [9.17, 15) is 9.90 Å². The van der Waals surface area contributed by atoms with Crippen molar-refractivity contribution < 1.29 is 9.90 Å². The Hall–Kier alpha value is -2.81. The standard InChI is InChI=1S/C20H21NO2/c1-15(2)19(20(22)23)18(21-17-11-7-4-8-12-17)14-13-16-9-5-3-6-10-16/h3-14,18-19,21H,1H2,2H3,(H,22,23)/b14-13+/t18-,19-/m0/s1. The van der Waals surface area contributed by atoms with Gasteiger partial charge in [0.1, 0.15) is 5.92 Å². The molecule has 3 heteroatoms. The minimum atomic E-state index is -0.886. The van der Waals surface area contributed by atoms with Gasteiger partial charge in [0.15, 0.2) is 0 Å². The fourth-order valence-corrected chi connectivity index (χ4v) is 2.42. The lowest BCUT2D eigenvalue weighted by Crippen LogP contribution is -2.33. The van der Waals surface area contributed by atoms with Crippen LogP contribution in [0.25, 0.3) is 6.08 Å². The predicted molar refractivity (Wildman–Crippen MR) is 95.3 cm³/mol. The van der Waals surface area contributed by atoms with Crippen molar-refractivity contribution in [3.8, 4) is 0 Å². The topological polar surface area (TPSA) is 49.3 Å². The van der Waals surface area contributed by atoms with Crippen LogP contribution in [-0.4, -0.2) is 17.1 Å². The van der Waals surface area contributed by atoms with E-state index in [0.29, 0.717) is 5.57 Å². The molecule has 23 heavy (non-hydrogen) atoms. The molecule has 0 saturated heterocycles. The molecular formula is C20H21NO2. The fourth-order valence-electron chi connectivity index (χ4n) is 2.42. The van der Waals surface area contributed by atoms with Crippen molar-refractivity contribution in [2.45, 2.75) is 13.0 Å². The summed E-state index contributed by atoms with van der Waals surface area (Å²) in [6.07, 6.45) is 3.81. The van der Waals surface area contributed by atoms with Crippen molar-refractivity contribution in [1.82, 2.24) is 0 Å². The quantitative estimate of drug-likeness (QED) is 0.743. The van der Waals surface area contributed by atoms with Crippen LogP contribution < -0.4 is 5.32 Å². The highest BCUT2D eigenvalue weighted by Gasteiger charge is 2.27. The van der Waals surface area contributed by atoms with Crippen molar-refractivity contribution in [3.05, 3.63) is 84.5 Å². The Morgan fingerprint density at radius 2 is 1.65 bits per heavy atom. The first-order chi connectivity index (χ1) is 11.1. The highest BCUT2D eigenvalue weighted by Crippen LogP contribution is 2.21. The molecule has 2 aromatic carbocycles. The van der Waals surface area contributed by atoms with Crippen LogP contribution in [0, 0.1) is 5.92 Å². The van der Waals surface area contributed by atoms with E-state index in [1.165, 1.54) is 0 Å². The average molecular weight is 307 g/mol. The highest BCUT2D eigenvalue weighted by molar-refractivity contribution is 5.76. The molecule has 3 nitrogen and oxygen atoms in total. The summed E-state index contributed by atoms with van der Waals surface area (Å²) in [6, 6.07) is 19.0. The van der Waals surface area contributed by atoms with E-state index in [0.717, 1.165) is 11.3 Å². The van der Waals surface area contributed by atoms with Crippen LogP contribution in [0.4, 0.5) is 5.69 Å². The minimum Gasteiger partial charge on any atom is -0.481 e.